The molecule has 7 heteroatoms. The van der Waals surface area contributed by atoms with Gasteiger partial charge >= 0.3 is 0 Å². The summed E-state index contributed by atoms with van der Waals surface area (Å²) in [5.41, 5.74) is 4.01. The lowest BCUT2D eigenvalue weighted by atomic mass is 10.2. The molecule has 146 valence electrons. The maximum absolute atomic E-state index is 12.6. The molecule has 0 unspecified atom stereocenters. The van der Waals surface area contributed by atoms with Crippen molar-refractivity contribution in [1.29, 1.82) is 0 Å². The number of aryl methyl sites for hydroxylation is 2. The van der Waals surface area contributed by atoms with E-state index in [1.54, 1.807) is 16.5 Å². The molecule has 3 aromatic rings. The molecule has 2 aromatic heterocycles. The summed E-state index contributed by atoms with van der Waals surface area (Å²) >= 11 is 5.84. The van der Waals surface area contributed by atoms with Crippen molar-refractivity contribution >= 4 is 29.1 Å². The minimum Gasteiger partial charge on any atom is -0.352 e. The summed E-state index contributed by atoms with van der Waals surface area (Å²) < 4.78 is 1.80. The highest BCUT2D eigenvalue weighted by molar-refractivity contribution is 6.30. The van der Waals surface area contributed by atoms with Crippen molar-refractivity contribution in [1.82, 2.24) is 20.0 Å². The number of carbonyl (C=O) groups excluding carboxylic acids is 2. The molecule has 0 bridgehead atoms. The van der Waals surface area contributed by atoms with Crippen molar-refractivity contribution in [2.24, 2.45) is 0 Å². The Hall–Kier alpha value is -2.86. The van der Waals surface area contributed by atoms with Gasteiger partial charge in [-0.05, 0) is 49.6 Å². The molecule has 0 spiro atoms. The number of nitrogens with zero attached hydrogens (tertiary/aromatic N) is 2. The van der Waals surface area contributed by atoms with E-state index in [4.69, 9.17) is 11.6 Å². The molecule has 1 aromatic carbocycles. The molecule has 0 aliphatic rings. The number of pyridine rings is 1. The van der Waals surface area contributed by atoms with E-state index in [0.29, 0.717) is 42.3 Å². The maximum atomic E-state index is 12.6. The first-order chi connectivity index (χ1) is 13.5. The molecule has 0 atom stereocenters. The third-order valence-electron chi connectivity index (χ3n) is 4.50. The molecule has 0 aliphatic heterocycles. The van der Waals surface area contributed by atoms with Crippen LogP contribution in [0.3, 0.4) is 0 Å². The van der Waals surface area contributed by atoms with Gasteiger partial charge in [0.15, 0.2) is 0 Å². The fourth-order valence-corrected chi connectivity index (χ4v) is 3.14. The van der Waals surface area contributed by atoms with Gasteiger partial charge < -0.3 is 10.6 Å². The van der Waals surface area contributed by atoms with Gasteiger partial charge in [-0.3, -0.25) is 14.0 Å². The van der Waals surface area contributed by atoms with Crippen LogP contribution in [0.2, 0.25) is 5.02 Å². The number of carbonyl (C=O) groups is 2. The molecule has 0 radical (unpaired) electrons. The smallest absolute Gasteiger partial charge is 0.270 e. The van der Waals surface area contributed by atoms with Gasteiger partial charge in [-0.1, -0.05) is 29.8 Å². The molecule has 2 heterocycles. The predicted octanol–water partition coefficient (Wildman–Crippen LogP) is 3.43. The van der Waals surface area contributed by atoms with Gasteiger partial charge in [-0.2, -0.15) is 0 Å². The average Bonchev–Trinajstić information content (AvgIpc) is 3.02. The maximum Gasteiger partial charge on any atom is 0.270 e. The minimum atomic E-state index is -0.183. The first-order valence-electron chi connectivity index (χ1n) is 9.19. The molecular weight excluding hydrogens is 376 g/mol. The lowest BCUT2D eigenvalue weighted by molar-refractivity contribution is -0.121. The largest absolute Gasteiger partial charge is 0.352 e. The third kappa shape index (κ3) is 4.70. The number of fused-ring (bicyclic) bond motifs is 1. The van der Waals surface area contributed by atoms with E-state index in [2.05, 4.69) is 15.6 Å². The van der Waals surface area contributed by atoms with Crippen LogP contribution >= 0.6 is 11.6 Å². The van der Waals surface area contributed by atoms with Crippen molar-refractivity contribution in [3.8, 4) is 0 Å². The van der Waals surface area contributed by atoms with Crippen molar-refractivity contribution in [3.05, 3.63) is 70.1 Å². The normalized spacial score (nSPS) is 10.8. The summed E-state index contributed by atoms with van der Waals surface area (Å²) in [6, 6.07) is 11.2. The molecule has 3 rings (SSSR count). The Labute approximate surface area is 168 Å². The number of hydrogen-bond donors (Lipinski definition) is 2. The van der Waals surface area contributed by atoms with Gasteiger partial charge in [0, 0.05) is 30.7 Å². The minimum absolute atomic E-state index is 0.0502. The van der Waals surface area contributed by atoms with E-state index >= 15 is 0 Å². The van der Waals surface area contributed by atoms with Gasteiger partial charge in [0.25, 0.3) is 5.91 Å². The number of benzene rings is 1. The molecule has 0 fully saturated rings. The number of nitrogens with one attached hydrogen (secondary N) is 2. The number of rotatable bonds is 7. The van der Waals surface area contributed by atoms with Crippen LogP contribution < -0.4 is 10.6 Å². The Bertz CT molecular complexity index is 996. The SMILES string of the molecule is Cc1nc2c(C)cccn2c1C(=O)NCCCC(=O)NCc1ccc(Cl)cc1. The van der Waals surface area contributed by atoms with Crippen molar-refractivity contribution in [2.75, 3.05) is 6.54 Å². The second-order valence-corrected chi connectivity index (χ2v) is 7.13. The van der Waals surface area contributed by atoms with Crippen molar-refractivity contribution < 1.29 is 9.59 Å². The Morgan fingerprint density at radius 2 is 1.86 bits per heavy atom. The summed E-state index contributed by atoms with van der Waals surface area (Å²) in [5.74, 6) is -0.233. The first-order valence-corrected chi connectivity index (χ1v) is 9.57. The highest BCUT2D eigenvalue weighted by Crippen LogP contribution is 2.15. The Morgan fingerprint density at radius 3 is 2.61 bits per heavy atom. The van der Waals surface area contributed by atoms with Gasteiger partial charge in [0.05, 0.1) is 5.69 Å². The number of aromatic nitrogens is 2. The summed E-state index contributed by atoms with van der Waals surface area (Å²) in [6.07, 6.45) is 2.74. The van der Waals surface area contributed by atoms with Gasteiger partial charge in [0.1, 0.15) is 11.3 Å². The summed E-state index contributed by atoms with van der Waals surface area (Å²) in [6.45, 7) is 4.67. The second-order valence-electron chi connectivity index (χ2n) is 6.69. The monoisotopic (exact) mass is 398 g/mol. The highest BCUT2D eigenvalue weighted by Gasteiger charge is 2.16. The molecule has 0 saturated carbocycles. The van der Waals surface area contributed by atoms with Gasteiger partial charge in [-0.25, -0.2) is 4.98 Å². The van der Waals surface area contributed by atoms with Gasteiger partial charge in [-0.15, -0.1) is 0 Å². The number of halogens is 1. The Balaban J connectivity index is 1.46. The quantitative estimate of drug-likeness (QED) is 0.598. The summed E-state index contributed by atoms with van der Waals surface area (Å²) in [7, 11) is 0. The van der Waals surface area contributed by atoms with Crippen LogP contribution in [0.4, 0.5) is 0 Å². The third-order valence-corrected chi connectivity index (χ3v) is 4.76. The molecular formula is C21H23ClN4O2. The van der Waals surface area contributed by atoms with Crippen LogP contribution in [0, 0.1) is 13.8 Å². The van der Waals surface area contributed by atoms with Crippen LogP contribution in [0.15, 0.2) is 42.6 Å². The second kappa shape index (κ2) is 8.89. The first kappa shape index (κ1) is 19.9. The van der Waals surface area contributed by atoms with Crippen LogP contribution in [-0.4, -0.2) is 27.7 Å². The van der Waals surface area contributed by atoms with Crippen LogP contribution in [0.1, 0.15) is 40.2 Å². The van der Waals surface area contributed by atoms with E-state index in [1.807, 2.05) is 44.3 Å². The zero-order chi connectivity index (χ0) is 20.1. The summed E-state index contributed by atoms with van der Waals surface area (Å²) in [4.78, 5) is 29.0. The lowest BCUT2D eigenvalue weighted by Crippen LogP contribution is -2.28. The number of amides is 2. The zero-order valence-electron chi connectivity index (χ0n) is 16.0. The zero-order valence-corrected chi connectivity index (χ0v) is 16.7. The van der Waals surface area contributed by atoms with E-state index in [1.165, 1.54) is 0 Å². The van der Waals surface area contributed by atoms with Crippen LogP contribution in [-0.2, 0) is 11.3 Å². The van der Waals surface area contributed by atoms with E-state index in [0.717, 1.165) is 16.8 Å². The van der Waals surface area contributed by atoms with Gasteiger partial charge in [0.2, 0.25) is 5.91 Å². The summed E-state index contributed by atoms with van der Waals surface area (Å²) in [5, 5.41) is 6.41. The molecule has 6 nitrogen and oxygen atoms in total. The van der Waals surface area contributed by atoms with Crippen molar-refractivity contribution in [3.63, 3.8) is 0 Å². The molecule has 2 amide bonds. The molecule has 2 N–H and O–H groups in total. The fourth-order valence-electron chi connectivity index (χ4n) is 3.02. The molecule has 0 saturated heterocycles. The van der Waals surface area contributed by atoms with Crippen molar-refractivity contribution in [2.45, 2.75) is 33.2 Å². The van der Waals surface area contributed by atoms with E-state index < -0.39 is 0 Å². The average molecular weight is 399 g/mol. The Morgan fingerprint density at radius 1 is 1.11 bits per heavy atom. The standard InChI is InChI=1S/C21H23ClN4O2/c1-14-5-4-12-26-19(15(2)25-20(14)26)21(28)23-11-3-6-18(27)24-13-16-7-9-17(22)10-8-16/h4-5,7-10,12H,3,6,11,13H2,1-2H3,(H,23,28)(H,24,27). The number of imidazole rings is 1. The lowest BCUT2D eigenvalue weighted by Gasteiger charge is -2.08. The van der Waals surface area contributed by atoms with Crippen LogP contribution in [0.5, 0.6) is 0 Å². The predicted molar refractivity (Wildman–Crippen MR) is 110 cm³/mol. The van der Waals surface area contributed by atoms with Crippen LogP contribution in [0.25, 0.3) is 5.65 Å². The topological polar surface area (TPSA) is 75.5 Å². The molecule has 28 heavy (non-hydrogen) atoms. The Kier molecular flexibility index (Phi) is 6.31. The highest BCUT2D eigenvalue weighted by atomic mass is 35.5. The number of hydrogen-bond acceptors (Lipinski definition) is 3. The molecule has 0 aliphatic carbocycles. The fraction of sp³-hybridized carbons (Fsp3) is 0.286. The van der Waals surface area contributed by atoms with E-state index in [-0.39, 0.29) is 11.8 Å². The van der Waals surface area contributed by atoms with E-state index in [9.17, 15) is 9.59 Å².